The van der Waals surface area contributed by atoms with Gasteiger partial charge >= 0.3 is 12.0 Å². The van der Waals surface area contributed by atoms with Crippen LogP contribution in [0.25, 0.3) is 0 Å². The normalized spacial score (nSPS) is 21.9. The molecule has 1 N–H and O–H groups in total. The Kier molecular flexibility index (Phi) is 4.32. The van der Waals surface area contributed by atoms with E-state index in [9.17, 15) is 14.7 Å². The molecule has 118 valence electrons. The molecule has 1 aromatic rings. The van der Waals surface area contributed by atoms with E-state index in [0.29, 0.717) is 18.7 Å². The summed E-state index contributed by atoms with van der Waals surface area (Å²) < 4.78 is 0. The number of likely N-dealkylation sites (tertiary alicyclic amines) is 2. The number of carbonyl (C=O) groups is 2. The van der Waals surface area contributed by atoms with Gasteiger partial charge in [-0.1, -0.05) is 18.2 Å². The van der Waals surface area contributed by atoms with E-state index < -0.39 is 5.97 Å². The molecular weight excluding hydrogens is 280 g/mol. The van der Waals surface area contributed by atoms with Gasteiger partial charge in [0.05, 0.1) is 5.56 Å². The first-order chi connectivity index (χ1) is 10.7. The Hall–Kier alpha value is -2.04. The number of rotatable bonds is 2. The second-order valence-corrected chi connectivity index (χ2v) is 6.15. The van der Waals surface area contributed by atoms with Crippen LogP contribution < -0.4 is 0 Å². The lowest BCUT2D eigenvalue weighted by Gasteiger charge is -2.31. The molecule has 5 heteroatoms. The number of carboxylic acid groups (broad SMARTS) is 1. The van der Waals surface area contributed by atoms with Crippen molar-refractivity contribution in [2.75, 3.05) is 26.2 Å². The Morgan fingerprint density at radius 1 is 1.00 bits per heavy atom. The molecule has 22 heavy (non-hydrogen) atoms. The molecule has 0 aromatic heterocycles. The van der Waals surface area contributed by atoms with Gasteiger partial charge in [0, 0.05) is 32.1 Å². The van der Waals surface area contributed by atoms with Gasteiger partial charge in [0.1, 0.15) is 0 Å². The van der Waals surface area contributed by atoms with Crippen molar-refractivity contribution in [2.24, 2.45) is 0 Å². The summed E-state index contributed by atoms with van der Waals surface area (Å²) in [6.07, 6.45) is 4.22. The van der Waals surface area contributed by atoms with E-state index in [-0.39, 0.29) is 11.9 Å². The maximum Gasteiger partial charge on any atom is 0.335 e. The van der Waals surface area contributed by atoms with Gasteiger partial charge in [-0.3, -0.25) is 0 Å². The summed E-state index contributed by atoms with van der Waals surface area (Å²) in [5.41, 5.74) is 1.21. The Bertz CT molecular complexity index is 567. The SMILES string of the molecule is O=C(O)c1ccccc1C1CCN(C(=O)N2CCCCC2)C1. The average Bonchev–Trinajstić information content (AvgIpc) is 3.04. The lowest BCUT2D eigenvalue weighted by Crippen LogP contribution is -2.44. The summed E-state index contributed by atoms with van der Waals surface area (Å²) in [5, 5.41) is 9.32. The van der Waals surface area contributed by atoms with E-state index in [4.69, 9.17) is 0 Å². The van der Waals surface area contributed by atoms with E-state index in [2.05, 4.69) is 0 Å². The Balaban J connectivity index is 1.70. The standard InChI is InChI=1S/C17H22N2O3/c20-16(21)15-7-3-2-6-14(15)13-8-11-19(12-13)17(22)18-9-4-1-5-10-18/h2-3,6-7,13H,1,4-5,8-12H2,(H,20,21). The quantitative estimate of drug-likeness (QED) is 0.914. The first-order valence-corrected chi connectivity index (χ1v) is 8.03. The van der Waals surface area contributed by atoms with Crippen LogP contribution in [0.2, 0.25) is 0 Å². The van der Waals surface area contributed by atoms with Crippen LogP contribution in [0, 0.1) is 0 Å². The van der Waals surface area contributed by atoms with Crippen molar-refractivity contribution in [3.63, 3.8) is 0 Å². The third-order valence-corrected chi connectivity index (χ3v) is 4.72. The third kappa shape index (κ3) is 2.93. The molecular formula is C17H22N2O3. The van der Waals surface area contributed by atoms with E-state index in [0.717, 1.165) is 37.9 Å². The van der Waals surface area contributed by atoms with Crippen LogP contribution >= 0.6 is 0 Å². The van der Waals surface area contributed by atoms with Crippen molar-refractivity contribution in [1.29, 1.82) is 0 Å². The fourth-order valence-corrected chi connectivity index (χ4v) is 3.52. The zero-order valence-electron chi connectivity index (χ0n) is 12.7. The number of piperidine rings is 1. The molecule has 2 saturated heterocycles. The van der Waals surface area contributed by atoms with Crippen LogP contribution in [0.4, 0.5) is 4.79 Å². The summed E-state index contributed by atoms with van der Waals surface area (Å²) in [6.45, 7) is 3.05. The molecule has 2 amide bonds. The number of carbonyl (C=O) groups excluding carboxylic acids is 1. The zero-order valence-corrected chi connectivity index (χ0v) is 12.7. The highest BCUT2D eigenvalue weighted by Crippen LogP contribution is 2.30. The number of benzene rings is 1. The molecule has 2 aliphatic heterocycles. The van der Waals surface area contributed by atoms with Crippen molar-refractivity contribution in [1.82, 2.24) is 9.80 Å². The third-order valence-electron chi connectivity index (χ3n) is 4.72. The van der Waals surface area contributed by atoms with Crippen LogP contribution in [0.1, 0.15) is 47.5 Å². The number of hydrogen-bond donors (Lipinski definition) is 1. The minimum Gasteiger partial charge on any atom is -0.478 e. The van der Waals surface area contributed by atoms with E-state index >= 15 is 0 Å². The maximum atomic E-state index is 12.5. The fourth-order valence-electron chi connectivity index (χ4n) is 3.52. The van der Waals surface area contributed by atoms with Gasteiger partial charge < -0.3 is 14.9 Å². The van der Waals surface area contributed by atoms with Crippen LogP contribution in [0.15, 0.2) is 24.3 Å². The molecule has 1 unspecified atom stereocenters. The highest BCUT2D eigenvalue weighted by atomic mass is 16.4. The van der Waals surface area contributed by atoms with Crippen LogP contribution in [0.5, 0.6) is 0 Å². The first kappa shape index (κ1) is 14.9. The number of amides is 2. The minimum atomic E-state index is -0.892. The summed E-state index contributed by atoms with van der Waals surface area (Å²) in [5.74, 6) is -0.766. The van der Waals surface area contributed by atoms with Gasteiger partial charge in [0.2, 0.25) is 0 Å². The number of aromatic carboxylic acids is 1. The molecule has 2 heterocycles. The summed E-state index contributed by atoms with van der Waals surface area (Å²) >= 11 is 0. The topological polar surface area (TPSA) is 60.9 Å². The molecule has 2 fully saturated rings. The Labute approximate surface area is 130 Å². The summed E-state index contributed by atoms with van der Waals surface area (Å²) in [6, 6.07) is 7.26. The summed E-state index contributed by atoms with van der Waals surface area (Å²) in [7, 11) is 0. The molecule has 1 aromatic carbocycles. The van der Waals surface area contributed by atoms with Gasteiger partial charge in [-0.05, 0) is 37.3 Å². The Morgan fingerprint density at radius 3 is 2.45 bits per heavy atom. The fraction of sp³-hybridized carbons (Fsp3) is 0.529. The molecule has 0 aliphatic carbocycles. The predicted octanol–water partition coefficient (Wildman–Crippen LogP) is 2.78. The second-order valence-electron chi connectivity index (χ2n) is 6.15. The van der Waals surface area contributed by atoms with Crippen molar-refractivity contribution < 1.29 is 14.7 Å². The maximum absolute atomic E-state index is 12.5. The van der Waals surface area contributed by atoms with Crippen LogP contribution in [-0.2, 0) is 0 Å². The smallest absolute Gasteiger partial charge is 0.335 e. The molecule has 1 atom stereocenters. The van der Waals surface area contributed by atoms with Crippen LogP contribution in [-0.4, -0.2) is 53.1 Å². The van der Waals surface area contributed by atoms with Gasteiger partial charge in [-0.15, -0.1) is 0 Å². The van der Waals surface area contributed by atoms with Crippen molar-refractivity contribution >= 4 is 12.0 Å². The van der Waals surface area contributed by atoms with E-state index in [1.54, 1.807) is 12.1 Å². The number of carboxylic acids is 1. The van der Waals surface area contributed by atoms with Gasteiger partial charge in [0.15, 0.2) is 0 Å². The second kappa shape index (κ2) is 6.38. The molecule has 2 aliphatic rings. The lowest BCUT2D eigenvalue weighted by atomic mass is 9.93. The number of hydrogen-bond acceptors (Lipinski definition) is 2. The lowest BCUT2D eigenvalue weighted by molar-refractivity contribution is 0.0695. The monoisotopic (exact) mass is 302 g/mol. The minimum absolute atomic E-state index is 0.120. The molecule has 3 rings (SSSR count). The molecule has 0 bridgehead atoms. The molecule has 0 saturated carbocycles. The van der Waals surface area contributed by atoms with E-state index in [1.165, 1.54) is 6.42 Å². The molecule has 5 nitrogen and oxygen atoms in total. The predicted molar refractivity (Wildman–Crippen MR) is 83.2 cm³/mol. The van der Waals surface area contributed by atoms with Gasteiger partial charge in [-0.2, -0.15) is 0 Å². The van der Waals surface area contributed by atoms with Crippen molar-refractivity contribution in [2.45, 2.75) is 31.6 Å². The van der Waals surface area contributed by atoms with E-state index in [1.807, 2.05) is 21.9 Å². The van der Waals surface area contributed by atoms with Crippen molar-refractivity contribution in [3.8, 4) is 0 Å². The van der Waals surface area contributed by atoms with Gasteiger partial charge in [-0.25, -0.2) is 9.59 Å². The van der Waals surface area contributed by atoms with Crippen molar-refractivity contribution in [3.05, 3.63) is 35.4 Å². The summed E-state index contributed by atoms with van der Waals surface area (Å²) in [4.78, 5) is 27.7. The molecule has 0 spiro atoms. The average molecular weight is 302 g/mol. The van der Waals surface area contributed by atoms with Crippen LogP contribution in [0.3, 0.4) is 0 Å². The highest BCUT2D eigenvalue weighted by molar-refractivity contribution is 5.89. The van der Waals surface area contributed by atoms with Gasteiger partial charge in [0.25, 0.3) is 0 Å². The molecule has 0 radical (unpaired) electrons. The number of urea groups is 1. The zero-order chi connectivity index (χ0) is 15.5. The highest BCUT2D eigenvalue weighted by Gasteiger charge is 2.32. The number of nitrogens with zero attached hydrogens (tertiary/aromatic N) is 2. The largest absolute Gasteiger partial charge is 0.478 e. The first-order valence-electron chi connectivity index (χ1n) is 8.03. The Morgan fingerprint density at radius 2 is 1.73 bits per heavy atom.